The number of carbonyl (C=O) groups is 2. The lowest BCUT2D eigenvalue weighted by Crippen LogP contribution is -2.54. The number of aliphatic hydroxyl groups excluding tert-OH is 1. The second kappa shape index (κ2) is 7.04. The van der Waals surface area contributed by atoms with Gasteiger partial charge in [0.1, 0.15) is 6.29 Å². The molecule has 0 spiro atoms. The quantitative estimate of drug-likeness (QED) is 0.816. The third kappa shape index (κ3) is 3.63. The summed E-state index contributed by atoms with van der Waals surface area (Å²) in [7, 11) is 0. The molecule has 1 aromatic carbocycles. The summed E-state index contributed by atoms with van der Waals surface area (Å²) in [5.74, 6) is 0.402. The second-order valence-electron chi connectivity index (χ2n) is 7.80. The van der Waals surface area contributed by atoms with E-state index < -0.39 is 0 Å². The van der Waals surface area contributed by atoms with Gasteiger partial charge in [-0.1, -0.05) is 13.8 Å². The molecule has 4 rings (SSSR count). The summed E-state index contributed by atoms with van der Waals surface area (Å²) in [6.07, 6.45) is 1.94. The van der Waals surface area contributed by atoms with Crippen molar-refractivity contribution in [2.75, 3.05) is 37.7 Å². The van der Waals surface area contributed by atoms with E-state index in [1.807, 2.05) is 29.2 Å². The first kappa shape index (κ1) is 17.7. The van der Waals surface area contributed by atoms with Crippen LogP contribution >= 0.6 is 0 Å². The first-order valence-electron chi connectivity index (χ1n) is 8.90. The molecule has 6 nitrogen and oxygen atoms in total. The molecule has 1 unspecified atom stereocenters. The third-order valence-corrected chi connectivity index (χ3v) is 5.46. The Morgan fingerprint density at radius 2 is 2.00 bits per heavy atom. The number of amides is 2. The molecule has 3 fully saturated rings. The van der Waals surface area contributed by atoms with E-state index in [1.54, 1.807) is 0 Å². The van der Waals surface area contributed by atoms with E-state index >= 15 is 0 Å². The fourth-order valence-corrected chi connectivity index (χ4v) is 4.30. The van der Waals surface area contributed by atoms with E-state index in [0.29, 0.717) is 18.0 Å². The molecule has 1 aromatic rings. The Kier molecular flexibility index (Phi) is 4.99. The lowest BCUT2D eigenvalue weighted by Gasteiger charge is -2.48. The highest BCUT2D eigenvalue weighted by Gasteiger charge is 2.46. The van der Waals surface area contributed by atoms with Gasteiger partial charge in [-0.05, 0) is 42.0 Å². The number of aliphatic hydroxyl groups is 1. The van der Waals surface area contributed by atoms with Gasteiger partial charge in [-0.15, -0.1) is 0 Å². The number of hydrogen-bond donors (Lipinski definition) is 2. The number of aldehydes is 1. The van der Waals surface area contributed by atoms with Gasteiger partial charge in [-0.3, -0.25) is 4.79 Å². The Morgan fingerprint density at radius 3 is 2.64 bits per heavy atom. The Balaban J connectivity index is 1.84. The van der Waals surface area contributed by atoms with E-state index in [1.165, 1.54) is 0 Å². The van der Waals surface area contributed by atoms with Crippen molar-refractivity contribution in [1.29, 1.82) is 0 Å². The number of nitrogens with one attached hydrogen (secondary N) is 1. The van der Waals surface area contributed by atoms with E-state index in [4.69, 9.17) is 5.11 Å². The minimum atomic E-state index is -0.0973. The summed E-state index contributed by atoms with van der Waals surface area (Å²) in [6, 6.07) is 7.81. The normalized spacial score (nSPS) is 24.8. The van der Waals surface area contributed by atoms with Crippen LogP contribution in [0.4, 0.5) is 10.5 Å². The van der Waals surface area contributed by atoms with Crippen molar-refractivity contribution in [2.45, 2.75) is 26.3 Å². The molecule has 3 aliphatic rings. The Bertz CT molecular complexity index is 629. The highest BCUT2D eigenvalue weighted by Crippen LogP contribution is 2.43. The van der Waals surface area contributed by atoms with Crippen LogP contribution in [0.5, 0.6) is 0 Å². The van der Waals surface area contributed by atoms with E-state index in [-0.39, 0.29) is 30.6 Å². The molecule has 2 N–H and O–H groups in total. The van der Waals surface area contributed by atoms with Crippen molar-refractivity contribution >= 4 is 18.0 Å². The minimum absolute atomic E-state index is 0.0485. The van der Waals surface area contributed by atoms with Gasteiger partial charge < -0.3 is 20.2 Å². The van der Waals surface area contributed by atoms with Gasteiger partial charge in [0, 0.05) is 37.4 Å². The molecule has 2 bridgehead atoms. The van der Waals surface area contributed by atoms with Gasteiger partial charge in [-0.2, -0.15) is 0 Å². The summed E-state index contributed by atoms with van der Waals surface area (Å²) in [6.45, 7) is 7.09. The van der Waals surface area contributed by atoms with Crippen LogP contribution in [0.15, 0.2) is 24.3 Å². The zero-order valence-electron chi connectivity index (χ0n) is 14.9. The van der Waals surface area contributed by atoms with E-state index in [0.717, 1.165) is 31.5 Å². The average molecular weight is 345 g/mol. The molecular formula is C19H27N3O3. The number of rotatable bonds is 4. The van der Waals surface area contributed by atoms with Crippen LogP contribution < -0.4 is 10.2 Å². The van der Waals surface area contributed by atoms with Gasteiger partial charge in [0.05, 0.1) is 12.6 Å². The summed E-state index contributed by atoms with van der Waals surface area (Å²) in [5, 5.41) is 11.7. The highest BCUT2D eigenvalue weighted by atomic mass is 16.3. The van der Waals surface area contributed by atoms with Crippen molar-refractivity contribution in [3.05, 3.63) is 29.8 Å². The van der Waals surface area contributed by atoms with Gasteiger partial charge in [0.25, 0.3) is 0 Å². The predicted octanol–water partition coefficient (Wildman–Crippen LogP) is 1.74. The van der Waals surface area contributed by atoms with E-state index in [2.05, 4.69) is 24.1 Å². The van der Waals surface area contributed by atoms with E-state index in [9.17, 15) is 9.59 Å². The van der Waals surface area contributed by atoms with Gasteiger partial charge >= 0.3 is 6.03 Å². The molecule has 136 valence electrons. The molecule has 0 saturated carbocycles. The maximum absolute atomic E-state index is 12.4. The average Bonchev–Trinajstić information content (AvgIpc) is 2.86. The summed E-state index contributed by atoms with van der Waals surface area (Å²) in [5.41, 5.74) is 1.87. The molecule has 6 heteroatoms. The number of carbonyl (C=O) groups excluding carboxylic acids is 2. The second-order valence-corrected chi connectivity index (χ2v) is 7.80. The molecule has 2 atom stereocenters. The Labute approximate surface area is 148 Å². The molecule has 3 aliphatic heterocycles. The monoisotopic (exact) mass is 345 g/mol. The van der Waals surface area contributed by atoms with Crippen LogP contribution in [0.25, 0.3) is 0 Å². The lowest BCUT2D eigenvalue weighted by molar-refractivity contribution is 0.112. The zero-order valence-corrected chi connectivity index (χ0v) is 14.9. The SMILES string of the molecule is CC1(C)C[C@@H]2CN(C(=O)NCCO)CC1N(c1ccc(C=O)cc1)C2. The van der Waals surface area contributed by atoms with Crippen LogP contribution in [0.2, 0.25) is 0 Å². The van der Waals surface area contributed by atoms with Crippen molar-refractivity contribution in [2.24, 2.45) is 11.3 Å². The molecule has 0 radical (unpaired) electrons. The van der Waals surface area contributed by atoms with Crippen LogP contribution in [-0.2, 0) is 0 Å². The Morgan fingerprint density at radius 1 is 1.28 bits per heavy atom. The predicted molar refractivity (Wildman–Crippen MR) is 96.9 cm³/mol. The van der Waals surface area contributed by atoms with Crippen molar-refractivity contribution in [3.63, 3.8) is 0 Å². The van der Waals surface area contributed by atoms with Crippen LogP contribution in [-0.4, -0.2) is 61.2 Å². The highest BCUT2D eigenvalue weighted by molar-refractivity contribution is 5.76. The third-order valence-electron chi connectivity index (χ3n) is 5.46. The number of benzene rings is 1. The molecule has 2 amide bonds. The maximum Gasteiger partial charge on any atom is 0.317 e. The maximum atomic E-state index is 12.4. The van der Waals surface area contributed by atoms with Crippen molar-refractivity contribution < 1.29 is 14.7 Å². The molecule has 0 aromatic heterocycles. The Hall–Kier alpha value is -2.08. The fraction of sp³-hybridized carbons (Fsp3) is 0.579. The number of fused-ring (bicyclic) bond motifs is 4. The number of nitrogens with zero attached hydrogens (tertiary/aromatic N) is 2. The number of hydrogen-bond acceptors (Lipinski definition) is 4. The standard InChI is InChI=1S/C19H27N3O3/c1-19(2)9-15-10-21(18(25)20-7-8-23)12-17(19)22(11-15)16-5-3-14(13-24)4-6-16/h3-6,13,15,17,23H,7-12H2,1-2H3,(H,20,25)/t15-,17?/m1/s1. The van der Waals surface area contributed by atoms with Gasteiger partial charge in [-0.25, -0.2) is 4.79 Å². The molecule has 3 saturated heterocycles. The molecule has 0 aliphatic carbocycles. The first-order chi connectivity index (χ1) is 11.9. The van der Waals surface area contributed by atoms with Crippen molar-refractivity contribution in [3.8, 4) is 0 Å². The van der Waals surface area contributed by atoms with Crippen LogP contribution in [0, 0.1) is 11.3 Å². The lowest BCUT2D eigenvalue weighted by atomic mass is 9.73. The van der Waals surface area contributed by atoms with Crippen LogP contribution in [0.3, 0.4) is 0 Å². The summed E-state index contributed by atoms with van der Waals surface area (Å²) in [4.78, 5) is 27.6. The summed E-state index contributed by atoms with van der Waals surface area (Å²) < 4.78 is 0. The van der Waals surface area contributed by atoms with Gasteiger partial charge in [0.2, 0.25) is 0 Å². The molecule has 25 heavy (non-hydrogen) atoms. The van der Waals surface area contributed by atoms with Gasteiger partial charge in [0.15, 0.2) is 0 Å². The topological polar surface area (TPSA) is 72.9 Å². The molecular weight excluding hydrogens is 318 g/mol. The summed E-state index contributed by atoms with van der Waals surface area (Å²) >= 11 is 0. The number of anilines is 1. The zero-order chi connectivity index (χ0) is 18.0. The first-order valence-corrected chi connectivity index (χ1v) is 8.90. The minimum Gasteiger partial charge on any atom is -0.395 e. The molecule has 3 heterocycles. The fourth-order valence-electron chi connectivity index (χ4n) is 4.30. The number of urea groups is 1. The largest absolute Gasteiger partial charge is 0.395 e. The van der Waals surface area contributed by atoms with Crippen LogP contribution in [0.1, 0.15) is 30.6 Å². The number of piperidine rings is 1. The van der Waals surface area contributed by atoms with Crippen molar-refractivity contribution in [1.82, 2.24) is 10.2 Å². The smallest absolute Gasteiger partial charge is 0.317 e.